The van der Waals surface area contributed by atoms with E-state index in [1.165, 1.54) is 0 Å². The van der Waals surface area contributed by atoms with Crippen LogP contribution in [0.1, 0.15) is 6.92 Å². The number of nitrogens with two attached hydrogens (primary N) is 1. The van der Waals surface area contributed by atoms with Crippen molar-refractivity contribution in [1.82, 2.24) is 0 Å². The number of sulfone groups is 1. The molecule has 0 bridgehead atoms. The van der Waals surface area contributed by atoms with Crippen LogP contribution in [0.25, 0.3) is 0 Å². The molecule has 0 heterocycles. The summed E-state index contributed by atoms with van der Waals surface area (Å²) in [7, 11) is -3.86. The second-order valence-electron chi connectivity index (χ2n) is 2.42. The van der Waals surface area contributed by atoms with Gasteiger partial charge in [0, 0.05) is 5.88 Å². The predicted octanol–water partition coefficient (Wildman–Crippen LogP) is -0.179. The minimum absolute atomic E-state index is 0. The molecule has 0 aliphatic carbocycles. The van der Waals surface area contributed by atoms with E-state index in [0.717, 1.165) is 6.92 Å². The molecule has 13 heavy (non-hydrogen) atoms. The Kier molecular flexibility index (Phi) is 5.93. The first-order valence-electron chi connectivity index (χ1n) is 3.06. The van der Waals surface area contributed by atoms with Crippen molar-refractivity contribution in [2.75, 3.05) is 11.6 Å². The first-order chi connectivity index (χ1) is 5.25. The fraction of sp³-hybridized carbons (Fsp3) is 0.800. The van der Waals surface area contributed by atoms with Crippen molar-refractivity contribution in [1.29, 1.82) is 0 Å². The molecular formula is C5H11Cl2NO4S. The Morgan fingerprint density at radius 1 is 1.62 bits per heavy atom. The molecule has 0 spiro atoms. The molecule has 0 aromatic rings. The van der Waals surface area contributed by atoms with Crippen LogP contribution in [0.2, 0.25) is 0 Å². The molecule has 0 aromatic carbocycles. The van der Waals surface area contributed by atoms with Gasteiger partial charge < -0.3 is 10.8 Å². The van der Waals surface area contributed by atoms with Crippen molar-refractivity contribution in [2.45, 2.75) is 11.8 Å². The van der Waals surface area contributed by atoms with Gasteiger partial charge in [-0.2, -0.15) is 0 Å². The molecule has 0 saturated heterocycles. The molecule has 0 amide bonds. The number of hydrogen-bond acceptors (Lipinski definition) is 4. The van der Waals surface area contributed by atoms with Gasteiger partial charge in [0.1, 0.15) is 0 Å². The Morgan fingerprint density at radius 2 is 2.00 bits per heavy atom. The van der Waals surface area contributed by atoms with Gasteiger partial charge in [0.2, 0.25) is 4.87 Å². The van der Waals surface area contributed by atoms with Gasteiger partial charge in [-0.1, -0.05) is 0 Å². The van der Waals surface area contributed by atoms with Crippen LogP contribution in [0.5, 0.6) is 0 Å². The molecule has 0 radical (unpaired) electrons. The molecule has 8 heteroatoms. The summed E-state index contributed by atoms with van der Waals surface area (Å²) in [5, 5.41) is 8.46. The predicted molar refractivity (Wildman–Crippen MR) is 52.0 cm³/mol. The van der Waals surface area contributed by atoms with E-state index in [2.05, 4.69) is 0 Å². The Bertz CT molecular complexity index is 274. The average Bonchev–Trinajstić information content (AvgIpc) is 1.86. The van der Waals surface area contributed by atoms with E-state index in [1.807, 2.05) is 0 Å². The number of carboxylic acid groups (broad SMARTS) is 1. The summed E-state index contributed by atoms with van der Waals surface area (Å²) in [4.78, 5) is 8.15. The zero-order valence-electron chi connectivity index (χ0n) is 6.86. The molecule has 1 unspecified atom stereocenters. The number of rotatable bonds is 4. The van der Waals surface area contributed by atoms with Crippen molar-refractivity contribution < 1.29 is 18.3 Å². The summed E-state index contributed by atoms with van der Waals surface area (Å²) in [6.07, 6.45) is 0. The van der Waals surface area contributed by atoms with Crippen LogP contribution >= 0.6 is 24.0 Å². The lowest BCUT2D eigenvalue weighted by molar-refractivity contribution is -0.139. The van der Waals surface area contributed by atoms with E-state index in [9.17, 15) is 13.2 Å². The number of aliphatic carboxylic acids is 1. The van der Waals surface area contributed by atoms with Gasteiger partial charge in [-0.3, -0.25) is 0 Å². The Balaban J connectivity index is 0. The van der Waals surface area contributed by atoms with E-state index >= 15 is 0 Å². The van der Waals surface area contributed by atoms with Gasteiger partial charge in [0.15, 0.2) is 9.84 Å². The van der Waals surface area contributed by atoms with E-state index < -0.39 is 26.4 Å². The summed E-state index contributed by atoms with van der Waals surface area (Å²) in [6, 6.07) is 0. The first kappa shape index (κ1) is 15.4. The Labute approximate surface area is 87.6 Å². The monoisotopic (exact) mass is 251 g/mol. The highest BCUT2D eigenvalue weighted by Crippen LogP contribution is 2.11. The third-order valence-corrected chi connectivity index (χ3v) is 4.04. The lowest BCUT2D eigenvalue weighted by atomic mass is 10.4. The van der Waals surface area contributed by atoms with Gasteiger partial charge in [0.25, 0.3) is 0 Å². The molecule has 5 nitrogen and oxygen atoms in total. The van der Waals surface area contributed by atoms with Crippen molar-refractivity contribution in [2.24, 2.45) is 5.73 Å². The summed E-state index contributed by atoms with van der Waals surface area (Å²) >= 11 is 5.17. The topological polar surface area (TPSA) is 97.5 Å². The second kappa shape index (κ2) is 4.99. The smallest absolute Gasteiger partial charge is 0.339 e. The van der Waals surface area contributed by atoms with Crippen LogP contribution in [0.3, 0.4) is 0 Å². The molecule has 0 rings (SSSR count). The Hall–Kier alpha value is -0.0400. The van der Waals surface area contributed by atoms with Crippen LogP contribution in [0.15, 0.2) is 0 Å². The first-order valence-corrected chi connectivity index (χ1v) is 5.25. The average molecular weight is 252 g/mol. The third-order valence-electron chi connectivity index (χ3n) is 1.42. The van der Waals surface area contributed by atoms with Gasteiger partial charge in [-0.25, -0.2) is 13.2 Å². The van der Waals surface area contributed by atoms with Crippen LogP contribution < -0.4 is 5.73 Å². The van der Waals surface area contributed by atoms with Gasteiger partial charge in [-0.15, -0.1) is 24.0 Å². The number of hydrogen-bond donors (Lipinski definition) is 2. The molecule has 0 aliphatic heterocycles. The fourth-order valence-corrected chi connectivity index (χ4v) is 1.95. The zero-order chi connectivity index (χ0) is 9.99. The highest BCUT2D eigenvalue weighted by molar-refractivity contribution is 7.93. The van der Waals surface area contributed by atoms with E-state index in [1.54, 1.807) is 0 Å². The van der Waals surface area contributed by atoms with E-state index in [-0.39, 0.29) is 18.3 Å². The van der Waals surface area contributed by atoms with Gasteiger partial charge in [-0.05, 0) is 6.92 Å². The van der Waals surface area contributed by atoms with Crippen LogP contribution in [0.4, 0.5) is 0 Å². The highest BCUT2D eigenvalue weighted by Gasteiger charge is 2.41. The maximum Gasteiger partial charge on any atom is 0.339 e. The van der Waals surface area contributed by atoms with Crippen molar-refractivity contribution in [3.05, 3.63) is 0 Å². The van der Waals surface area contributed by atoms with E-state index in [4.69, 9.17) is 22.4 Å². The van der Waals surface area contributed by atoms with Crippen molar-refractivity contribution >= 4 is 39.8 Å². The highest BCUT2D eigenvalue weighted by atomic mass is 35.5. The molecular weight excluding hydrogens is 241 g/mol. The van der Waals surface area contributed by atoms with Gasteiger partial charge in [0.05, 0.1) is 5.75 Å². The van der Waals surface area contributed by atoms with Crippen LogP contribution in [-0.4, -0.2) is 36.0 Å². The third kappa shape index (κ3) is 3.30. The zero-order valence-corrected chi connectivity index (χ0v) is 9.25. The summed E-state index contributed by atoms with van der Waals surface area (Å²) in [5.41, 5.74) is 5.08. The largest absolute Gasteiger partial charge is 0.479 e. The summed E-state index contributed by atoms with van der Waals surface area (Å²) < 4.78 is 22.2. The molecule has 1 atom stereocenters. The standard InChI is InChI=1S/C5H10ClNO4S.ClH/c1-5(7,4(8)9)12(10,11)3-2-6;/h2-3,7H2,1H3,(H,8,9);1H. The quantitative estimate of drug-likeness (QED) is 0.676. The lowest BCUT2D eigenvalue weighted by Gasteiger charge is -2.18. The number of carboxylic acids is 1. The van der Waals surface area contributed by atoms with Crippen LogP contribution in [0, 0.1) is 0 Å². The second-order valence-corrected chi connectivity index (χ2v) is 5.28. The molecule has 0 aromatic heterocycles. The molecule has 0 fully saturated rings. The molecule has 0 aliphatic rings. The normalized spacial score (nSPS) is 15.6. The van der Waals surface area contributed by atoms with Gasteiger partial charge >= 0.3 is 5.97 Å². The lowest BCUT2D eigenvalue weighted by Crippen LogP contribution is -2.53. The number of carbonyl (C=O) groups is 1. The van der Waals surface area contributed by atoms with Crippen molar-refractivity contribution in [3.63, 3.8) is 0 Å². The molecule has 80 valence electrons. The fourth-order valence-electron chi connectivity index (χ4n) is 0.447. The van der Waals surface area contributed by atoms with E-state index in [0.29, 0.717) is 0 Å². The van der Waals surface area contributed by atoms with Crippen LogP contribution in [-0.2, 0) is 14.6 Å². The summed E-state index contributed by atoms with van der Waals surface area (Å²) in [5.74, 6) is -2.18. The number of alkyl halides is 1. The maximum atomic E-state index is 11.1. The minimum Gasteiger partial charge on any atom is -0.479 e. The minimum atomic E-state index is -3.86. The number of halogens is 2. The Morgan fingerprint density at radius 3 is 2.23 bits per heavy atom. The summed E-state index contributed by atoms with van der Waals surface area (Å²) in [6.45, 7) is 0.928. The SMILES string of the molecule is CC(N)(C(=O)O)S(=O)(=O)CCCl.Cl. The molecule has 3 N–H and O–H groups in total. The maximum absolute atomic E-state index is 11.1. The molecule has 0 saturated carbocycles. The van der Waals surface area contributed by atoms with Crippen molar-refractivity contribution in [3.8, 4) is 0 Å².